The number of ether oxygens (including phenoxy) is 2. The second kappa shape index (κ2) is 8.57. The second-order valence-electron chi connectivity index (χ2n) is 6.64. The van der Waals surface area contributed by atoms with Crippen molar-refractivity contribution in [1.29, 1.82) is 0 Å². The molecule has 7 nitrogen and oxygen atoms in total. The van der Waals surface area contributed by atoms with Gasteiger partial charge in [-0.25, -0.2) is 9.78 Å². The summed E-state index contributed by atoms with van der Waals surface area (Å²) in [7, 11) is 1.66. The topological polar surface area (TPSA) is 66.9 Å². The lowest BCUT2D eigenvalue weighted by molar-refractivity contribution is 0.208. The minimum absolute atomic E-state index is 0.109. The van der Waals surface area contributed by atoms with Crippen LogP contribution >= 0.6 is 11.3 Å². The van der Waals surface area contributed by atoms with Gasteiger partial charge in [0.15, 0.2) is 5.13 Å². The molecule has 4 rings (SSSR count). The highest BCUT2D eigenvalue weighted by molar-refractivity contribution is 7.22. The van der Waals surface area contributed by atoms with Gasteiger partial charge in [-0.15, -0.1) is 0 Å². The van der Waals surface area contributed by atoms with Gasteiger partial charge in [0.1, 0.15) is 17.0 Å². The van der Waals surface area contributed by atoms with Crippen molar-refractivity contribution >= 4 is 38.4 Å². The van der Waals surface area contributed by atoms with Gasteiger partial charge in [0, 0.05) is 26.2 Å². The number of carbonyl (C=O) groups excluding carboxylic acids is 1. The summed E-state index contributed by atoms with van der Waals surface area (Å²) >= 11 is 1.65. The average molecular weight is 413 g/mol. The fourth-order valence-corrected chi connectivity index (χ4v) is 4.39. The lowest BCUT2D eigenvalue weighted by Crippen LogP contribution is -2.50. The van der Waals surface area contributed by atoms with Crippen LogP contribution in [0.25, 0.3) is 10.2 Å². The number of methoxy groups -OCH3 is 1. The number of fused-ring (bicyclic) bond motifs is 1. The normalized spacial score (nSPS) is 14.1. The van der Waals surface area contributed by atoms with Crippen molar-refractivity contribution < 1.29 is 14.3 Å². The molecule has 0 unspecified atom stereocenters. The lowest BCUT2D eigenvalue weighted by Gasteiger charge is -2.34. The molecule has 3 aromatic rings. The average Bonchev–Trinajstić information content (AvgIpc) is 3.20. The number of hydrogen-bond acceptors (Lipinski definition) is 6. The smallest absolute Gasteiger partial charge is 0.322 e. The molecule has 1 aliphatic heterocycles. The first kappa shape index (κ1) is 19.3. The minimum atomic E-state index is -0.109. The highest BCUT2D eigenvalue weighted by atomic mass is 32.1. The molecule has 0 bridgehead atoms. The standard InChI is InChI=1S/C21H24N4O3S/c1-3-28-16-8-5-4-7-15(16)22-20(26)24-11-13-25(14-12-24)21-23-19-17(27-2)9-6-10-18(19)29-21/h4-10H,3,11-14H2,1-2H3,(H,22,26). The maximum Gasteiger partial charge on any atom is 0.322 e. The van der Waals surface area contributed by atoms with Gasteiger partial charge in [-0.2, -0.15) is 0 Å². The Morgan fingerprint density at radius 2 is 1.86 bits per heavy atom. The van der Waals surface area contributed by atoms with Crippen LogP contribution in [0.15, 0.2) is 42.5 Å². The number of urea groups is 1. The summed E-state index contributed by atoms with van der Waals surface area (Å²) in [5.41, 5.74) is 1.59. The van der Waals surface area contributed by atoms with Gasteiger partial charge in [0.2, 0.25) is 0 Å². The fourth-order valence-electron chi connectivity index (χ4n) is 3.36. The summed E-state index contributed by atoms with van der Waals surface area (Å²) in [5, 5.41) is 3.93. The predicted molar refractivity (Wildman–Crippen MR) is 117 cm³/mol. The van der Waals surface area contributed by atoms with Crippen molar-refractivity contribution in [2.75, 3.05) is 50.1 Å². The monoisotopic (exact) mass is 412 g/mol. The summed E-state index contributed by atoms with van der Waals surface area (Å²) < 4.78 is 12.1. The van der Waals surface area contributed by atoms with Crippen LogP contribution in [0.1, 0.15) is 6.92 Å². The van der Waals surface area contributed by atoms with Crippen LogP contribution in [0.5, 0.6) is 11.5 Å². The summed E-state index contributed by atoms with van der Waals surface area (Å²) in [4.78, 5) is 21.5. The zero-order valence-electron chi connectivity index (χ0n) is 16.6. The van der Waals surface area contributed by atoms with Gasteiger partial charge in [-0.1, -0.05) is 29.5 Å². The molecule has 0 saturated carbocycles. The number of nitrogens with one attached hydrogen (secondary N) is 1. The molecule has 152 valence electrons. The zero-order valence-corrected chi connectivity index (χ0v) is 17.4. The third-order valence-corrected chi connectivity index (χ3v) is 5.94. The van der Waals surface area contributed by atoms with E-state index < -0.39 is 0 Å². The van der Waals surface area contributed by atoms with Gasteiger partial charge < -0.3 is 24.6 Å². The summed E-state index contributed by atoms with van der Waals surface area (Å²) in [6.45, 7) is 5.23. The van der Waals surface area contributed by atoms with Crippen LogP contribution in [0.2, 0.25) is 0 Å². The van der Waals surface area contributed by atoms with Crippen LogP contribution in [0.4, 0.5) is 15.6 Å². The molecular weight excluding hydrogens is 388 g/mol. The van der Waals surface area contributed by atoms with Gasteiger partial charge in [-0.3, -0.25) is 0 Å². The Morgan fingerprint density at radius 3 is 2.62 bits per heavy atom. The Bertz CT molecular complexity index is 999. The molecule has 0 aliphatic carbocycles. The predicted octanol–water partition coefficient (Wildman–Crippen LogP) is 4.06. The summed E-state index contributed by atoms with van der Waals surface area (Å²) in [6, 6.07) is 13.3. The number of benzene rings is 2. The van der Waals surface area contributed by atoms with Crippen LogP contribution in [-0.4, -0.2) is 55.8 Å². The summed E-state index contributed by atoms with van der Waals surface area (Å²) in [6.07, 6.45) is 0. The molecule has 0 atom stereocenters. The molecule has 0 spiro atoms. The highest BCUT2D eigenvalue weighted by Crippen LogP contribution is 2.34. The number of thiazole rings is 1. The lowest BCUT2D eigenvalue weighted by atomic mass is 10.3. The molecule has 2 amide bonds. The van der Waals surface area contributed by atoms with Gasteiger partial charge in [0.05, 0.1) is 24.1 Å². The number of piperazine rings is 1. The van der Waals surface area contributed by atoms with Crippen molar-refractivity contribution in [2.45, 2.75) is 6.92 Å². The van der Waals surface area contributed by atoms with E-state index >= 15 is 0 Å². The zero-order chi connectivity index (χ0) is 20.2. The van der Waals surface area contributed by atoms with Crippen LogP contribution in [0.3, 0.4) is 0 Å². The molecule has 29 heavy (non-hydrogen) atoms. The quantitative estimate of drug-likeness (QED) is 0.685. The third-order valence-electron chi connectivity index (χ3n) is 4.86. The number of carbonyl (C=O) groups is 1. The molecule has 1 N–H and O–H groups in total. The largest absolute Gasteiger partial charge is 0.494 e. The number of hydrogen-bond donors (Lipinski definition) is 1. The van der Waals surface area contributed by atoms with E-state index in [1.807, 2.05) is 48.2 Å². The number of nitrogens with zero attached hydrogens (tertiary/aromatic N) is 3. The first-order valence-corrected chi connectivity index (χ1v) is 10.5. The van der Waals surface area contributed by atoms with Crippen molar-refractivity contribution in [1.82, 2.24) is 9.88 Å². The van der Waals surface area contributed by atoms with E-state index in [1.165, 1.54) is 0 Å². The highest BCUT2D eigenvalue weighted by Gasteiger charge is 2.24. The number of rotatable bonds is 5. The molecule has 1 saturated heterocycles. The maximum absolute atomic E-state index is 12.7. The van der Waals surface area contributed by atoms with E-state index in [1.54, 1.807) is 18.4 Å². The van der Waals surface area contributed by atoms with Gasteiger partial charge >= 0.3 is 6.03 Å². The molecule has 1 aliphatic rings. The Hall–Kier alpha value is -3.00. The van der Waals surface area contributed by atoms with Crippen molar-refractivity contribution in [2.24, 2.45) is 0 Å². The minimum Gasteiger partial charge on any atom is -0.494 e. The van der Waals surface area contributed by atoms with Gasteiger partial charge in [-0.05, 0) is 31.2 Å². The van der Waals surface area contributed by atoms with E-state index in [4.69, 9.17) is 14.5 Å². The van der Waals surface area contributed by atoms with E-state index in [9.17, 15) is 4.79 Å². The van der Waals surface area contributed by atoms with Crippen LogP contribution in [-0.2, 0) is 0 Å². The van der Waals surface area contributed by atoms with E-state index in [0.29, 0.717) is 31.1 Å². The van der Waals surface area contributed by atoms with Crippen molar-refractivity contribution in [3.8, 4) is 11.5 Å². The van der Waals surface area contributed by atoms with Crippen molar-refractivity contribution in [3.63, 3.8) is 0 Å². The summed E-state index contributed by atoms with van der Waals surface area (Å²) in [5.74, 6) is 1.47. The maximum atomic E-state index is 12.7. The Balaban J connectivity index is 1.40. The number of amides is 2. The molecular formula is C21H24N4O3S. The SMILES string of the molecule is CCOc1ccccc1NC(=O)N1CCN(c2nc3c(OC)cccc3s2)CC1. The van der Waals surface area contributed by atoms with Gasteiger partial charge in [0.25, 0.3) is 0 Å². The molecule has 1 aromatic heterocycles. The molecule has 0 radical (unpaired) electrons. The number of aromatic nitrogens is 1. The Labute approximate surface area is 173 Å². The third kappa shape index (κ3) is 4.07. The number of para-hydroxylation sites is 3. The van der Waals surface area contributed by atoms with Crippen LogP contribution < -0.4 is 19.7 Å². The fraction of sp³-hybridized carbons (Fsp3) is 0.333. The van der Waals surface area contributed by atoms with E-state index in [0.717, 1.165) is 34.2 Å². The Kier molecular flexibility index (Phi) is 5.71. The van der Waals surface area contributed by atoms with E-state index in [2.05, 4.69) is 16.3 Å². The second-order valence-corrected chi connectivity index (χ2v) is 7.65. The molecule has 8 heteroatoms. The van der Waals surface area contributed by atoms with Crippen LogP contribution in [0, 0.1) is 0 Å². The molecule has 2 aromatic carbocycles. The number of anilines is 2. The van der Waals surface area contributed by atoms with Crippen molar-refractivity contribution in [3.05, 3.63) is 42.5 Å². The molecule has 1 fully saturated rings. The Morgan fingerprint density at radius 1 is 1.10 bits per heavy atom. The molecule has 2 heterocycles. The first-order chi connectivity index (χ1) is 14.2. The first-order valence-electron chi connectivity index (χ1n) is 9.66. The van der Waals surface area contributed by atoms with E-state index in [-0.39, 0.29) is 6.03 Å².